The van der Waals surface area contributed by atoms with Gasteiger partial charge in [0.1, 0.15) is 11.3 Å². The largest absolute Gasteiger partial charge is 0.481 e. The highest BCUT2D eigenvalue weighted by molar-refractivity contribution is 6.80. The Hall–Kier alpha value is -1.82. The van der Waals surface area contributed by atoms with E-state index in [1.165, 1.54) is 49.9 Å². The second-order valence-corrected chi connectivity index (χ2v) is 12.4. The van der Waals surface area contributed by atoms with E-state index in [0.29, 0.717) is 23.3 Å². The summed E-state index contributed by atoms with van der Waals surface area (Å²) in [7, 11) is 0.680. The van der Waals surface area contributed by atoms with Crippen molar-refractivity contribution in [2.75, 3.05) is 7.11 Å². The van der Waals surface area contributed by atoms with Crippen molar-refractivity contribution in [2.24, 2.45) is 0 Å². The molecule has 24 heavy (non-hydrogen) atoms. The first-order chi connectivity index (χ1) is 11.7. The van der Waals surface area contributed by atoms with Gasteiger partial charge in [-0.2, -0.15) is 4.98 Å². The van der Waals surface area contributed by atoms with E-state index in [1.54, 1.807) is 7.11 Å². The van der Waals surface area contributed by atoms with Crippen molar-refractivity contribution < 1.29 is 9.53 Å². The average Bonchev–Trinajstić information content (AvgIpc) is 3.23. The Bertz CT molecular complexity index is 742. The van der Waals surface area contributed by atoms with E-state index in [1.807, 2.05) is 18.2 Å². The molecule has 1 amide bonds. The third kappa shape index (κ3) is 2.95. The standard InChI is InChI=1S/C18H25N3O2Si/c1-23-16-5-4-13-12-15(20-17(13)21-16)18(22)19-14-6-10-24(11-7-14)8-2-3-9-24/h4-5,12,14H,2-3,6-11H2,1H3,(H,19,22)(H,20,21). The minimum absolute atomic E-state index is 0.0130. The number of aromatic nitrogens is 2. The number of nitrogens with zero attached hydrogens (tertiary/aromatic N) is 1. The third-order valence-corrected chi connectivity index (χ3v) is 11.5. The zero-order valence-electron chi connectivity index (χ0n) is 14.2. The Labute approximate surface area is 143 Å². The maximum Gasteiger partial charge on any atom is 0.267 e. The summed E-state index contributed by atoms with van der Waals surface area (Å²) in [6.07, 6.45) is 5.25. The summed E-state index contributed by atoms with van der Waals surface area (Å²) < 4.78 is 5.13. The summed E-state index contributed by atoms with van der Waals surface area (Å²) in [5.74, 6) is 0.538. The number of H-pyrrole nitrogens is 1. The van der Waals surface area contributed by atoms with E-state index in [0.717, 1.165) is 5.39 Å². The van der Waals surface area contributed by atoms with Crippen molar-refractivity contribution in [1.82, 2.24) is 15.3 Å². The molecule has 2 fully saturated rings. The number of aromatic amines is 1. The van der Waals surface area contributed by atoms with Crippen LogP contribution in [0.25, 0.3) is 11.0 Å². The van der Waals surface area contributed by atoms with Crippen LogP contribution in [0, 0.1) is 0 Å². The number of ether oxygens (including phenoxy) is 1. The van der Waals surface area contributed by atoms with Crippen LogP contribution in [0.15, 0.2) is 18.2 Å². The molecule has 2 N–H and O–H groups in total. The van der Waals surface area contributed by atoms with Crippen LogP contribution in [0.5, 0.6) is 5.88 Å². The van der Waals surface area contributed by atoms with Gasteiger partial charge in [-0.05, 0) is 25.0 Å². The zero-order valence-corrected chi connectivity index (χ0v) is 15.2. The predicted molar refractivity (Wildman–Crippen MR) is 97.3 cm³/mol. The fourth-order valence-electron chi connectivity index (χ4n) is 4.49. The molecule has 2 aromatic heterocycles. The highest BCUT2D eigenvalue weighted by Gasteiger charge is 2.39. The number of hydrogen-bond donors (Lipinski definition) is 2. The molecule has 0 aliphatic carbocycles. The topological polar surface area (TPSA) is 67.0 Å². The maximum atomic E-state index is 12.6. The molecule has 0 atom stereocenters. The molecule has 2 aliphatic rings. The van der Waals surface area contributed by atoms with Crippen LogP contribution in [0.1, 0.15) is 36.2 Å². The van der Waals surface area contributed by atoms with E-state index in [9.17, 15) is 4.79 Å². The molecule has 5 nitrogen and oxygen atoms in total. The smallest absolute Gasteiger partial charge is 0.267 e. The van der Waals surface area contributed by atoms with Crippen molar-refractivity contribution in [3.8, 4) is 5.88 Å². The van der Waals surface area contributed by atoms with E-state index in [2.05, 4.69) is 15.3 Å². The summed E-state index contributed by atoms with van der Waals surface area (Å²) in [4.78, 5) is 20.0. The molecule has 1 spiro atoms. The van der Waals surface area contributed by atoms with Crippen LogP contribution in [-0.4, -0.2) is 37.1 Å². The van der Waals surface area contributed by atoms with Crippen LogP contribution in [0.2, 0.25) is 24.2 Å². The highest BCUT2D eigenvalue weighted by Crippen LogP contribution is 2.42. The Morgan fingerprint density at radius 1 is 1.25 bits per heavy atom. The number of rotatable bonds is 3. The Morgan fingerprint density at radius 2 is 2.00 bits per heavy atom. The fourth-order valence-corrected chi connectivity index (χ4v) is 9.91. The molecular weight excluding hydrogens is 318 g/mol. The Morgan fingerprint density at radius 3 is 2.71 bits per heavy atom. The molecule has 0 radical (unpaired) electrons. The number of carbonyl (C=O) groups excluding carboxylic acids is 1. The number of nitrogens with one attached hydrogen (secondary N) is 2. The van der Waals surface area contributed by atoms with Gasteiger partial charge in [-0.3, -0.25) is 4.79 Å². The lowest BCUT2D eigenvalue weighted by Gasteiger charge is -2.35. The molecule has 2 saturated heterocycles. The second kappa shape index (κ2) is 6.24. The van der Waals surface area contributed by atoms with Gasteiger partial charge in [-0.15, -0.1) is 0 Å². The molecule has 0 aromatic carbocycles. The van der Waals surface area contributed by atoms with Gasteiger partial charge < -0.3 is 15.0 Å². The van der Waals surface area contributed by atoms with E-state index >= 15 is 0 Å². The van der Waals surface area contributed by atoms with Gasteiger partial charge in [-0.1, -0.05) is 37.0 Å². The molecule has 128 valence electrons. The molecule has 2 aliphatic heterocycles. The van der Waals surface area contributed by atoms with E-state index in [4.69, 9.17) is 4.74 Å². The lowest BCUT2D eigenvalue weighted by molar-refractivity contribution is 0.0929. The van der Waals surface area contributed by atoms with Gasteiger partial charge in [0.15, 0.2) is 0 Å². The SMILES string of the molecule is COc1ccc2cc(C(=O)NC3CC[Si]4(CCCC4)CC3)[nH]c2n1. The normalized spacial score (nSPS) is 20.5. The summed E-state index contributed by atoms with van der Waals surface area (Å²) in [5, 5.41) is 4.16. The Balaban J connectivity index is 1.41. The first-order valence-electron chi connectivity index (χ1n) is 9.02. The number of pyridine rings is 1. The molecular formula is C18H25N3O2Si. The molecule has 0 unspecified atom stereocenters. The van der Waals surface area contributed by atoms with E-state index < -0.39 is 8.07 Å². The molecule has 2 aromatic rings. The van der Waals surface area contributed by atoms with Gasteiger partial charge in [0.2, 0.25) is 5.88 Å². The molecule has 0 saturated carbocycles. The van der Waals surface area contributed by atoms with Crippen molar-refractivity contribution >= 4 is 25.0 Å². The van der Waals surface area contributed by atoms with Crippen LogP contribution in [0.4, 0.5) is 0 Å². The van der Waals surface area contributed by atoms with Crippen LogP contribution >= 0.6 is 0 Å². The van der Waals surface area contributed by atoms with Gasteiger partial charge in [0.05, 0.1) is 15.2 Å². The van der Waals surface area contributed by atoms with Crippen molar-refractivity contribution in [3.63, 3.8) is 0 Å². The number of fused-ring (bicyclic) bond motifs is 1. The monoisotopic (exact) mass is 343 g/mol. The first-order valence-corrected chi connectivity index (χ1v) is 11.8. The summed E-state index contributed by atoms with van der Waals surface area (Å²) in [6.45, 7) is 0. The minimum Gasteiger partial charge on any atom is -0.481 e. The third-order valence-electron chi connectivity index (χ3n) is 5.95. The van der Waals surface area contributed by atoms with Gasteiger partial charge >= 0.3 is 0 Å². The van der Waals surface area contributed by atoms with Crippen molar-refractivity contribution in [1.29, 1.82) is 0 Å². The second-order valence-electron chi connectivity index (χ2n) is 7.43. The average molecular weight is 344 g/mol. The van der Waals surface area contributed by atoms with Gasteiger partial charge in [-0.25, -0.2) is 0 Å². The van der Waals surface area contributed by atoms with Crippen LogP contribution in [0.3, 0.4) is 0 Å². The molecule has 4 rings (SSSR count). The first kappa shape index (κ1) is 15.7. The van der Waals surface area contributed by atoms with Gasteiger partial charge in [0, 0.05) is 17.5 Å². The fraction of sp³-hybridized carbons (Fsp3) is 0.556. The predicted octanol–water partition coefficient (Wildman–Crippen LogP) is 3.71. The van der Waals surface area contributed by atoms with Crippen LogP contribution in [-0.2, 0) is 0 Å². The lowest BCUT2D eigenvalue weighted by Crippen LogP contribution is -2.43. The zero-order chi connectivity index (χ0) is 16.6. The highest BCUT2D eigenvalue weighted by atomic mass is 28.3. The van der Waals surface area contributed by atoms with Crippen molar-refractivity contribution in [3.05, 3.63) is 23.9 Å². The number of hydrogen-bond acceptors (Lipinski definition) is 3. The Kier molecular flexibility index (Phi) is 4.08. The molecule has 0 bridgehead atoms. The molecule has 4 heterocycles. The number of carbonyl (C=O) groups is 1. The van der Waals surface area contributed by atoms with Crippen LogP contribution < -0.4 is 10.1 Å². The van der Waals surface area contributed by atoms with Crippen molar-refractivity contribution in [2.45, 2.75) is 55.9 Å². The summed E-state index contributed by atoms with van der Waals surface area (Å²) in [6, 6.07) is 11.8. The minimum atomic E-state index is -0.912. The number of amides is 1. The molecule has 6 heteroatoms. The lowest BCUT2D eigenvalue weighted by atomic mass is 10.1. The summed E-state index contributed by atoms with van der Waals surface area (Å²) >= 11 is 0. The maximum absolute atomic E-state index is 12.6. The quantitative estimate of drug-likeness (QED) is 0.835. The number of methoxy groups -OCH3 is 1. The van der Waals surface area contributed by atoms with Gasteiger partial charge in [0.25, 0.3) is 5.91 Å². The van der Waals surface area contributed by atoms with E-state index in [-0.39, 0.29) is 5.91 Å². The summed E-state index contributed by atoms with van der Waals surface area (Å²) in [5.41, 5.74) is 1.28.